The van der Waals surface area contributed by atoms with Gasteiger partial charge < -0.3 is 4.74 Å². The number of hydrogen-bond acceptors (Lipinski definition) is 3. The lowest BCUT2D eigenvalue weighted by molar-refractivity contribution is -0.385. The monoisotopic (exact) mass is 357 g/mol. The molecular weight excluding hydrogens is 334 g/mol. The summed E-state index contributed by atoms with van der Waals surface area (Å²) in [7, 11) is 0. The van der Waals surface area contributed by atoms with Crippen LogP contribution in [-0.2, 0) is 0 Å². The van der Waals surface area contributed by atoms with Crippen LogP contribution in [0.1, 0.15) is 58.3 Å². The molecule has 0 unspecified atom stereocenters. The van der Waals surface area contributed by atoms with Gasteiger partial charge in [0, 0.05) is 6.07 Å². The van der Waals surface area contributed by atoms with Crippen molar-refractivity contribution in [3.63, 3.8) is 0 Å². The summed E-state index contributed by atoms with van der Waals surface area (Å²) in [5.41, 5.74) is 0.0594. The third-order valence-electron chi connectivity index (χ3n) is 3.38. The molecule has 0 aliphatic carbocycles. The number of hydrogen-bond donors (Lipinski definition) is 0. The van der Waals surface area contributed by atoms with Gasteiger partial charge in [-0.15, -0.1) is 0 Å². The average Bonchev–Trinajstić information content (AvgIpc) is 2.47. The molecule has 1 rings (SSSR count). The van der Waals surface area contributed by atoms with E-state index < -0.39 is 4.92 Å². The van der Waals surface area contributed by atoms with Crippen molar-refractivity contribution in [2.24, 2.45) is 0 Å². The number of rotatable bonds is 11. The maximum absolute atomic E-state index is 10.7. The molecular formula is C16H24BrNO3. The van der Waals surface area contributed by atoms with Gasteiger partial charge >= 0.3 is 0 Å². The number of nitrogens with zero attached hydrogens (tertiary/aromatic N) is 1. The summed E-state index contributed by atoms with van der Waals surface area (Å²) in [6.45, 7) is 2.83. The predicted molar refractivity (Wildman–Crippen MR) is 88.9 cm³/mol. The van der Waals surface area contributed by atoms with Gasteiger partial charge in [-0.1, -0.05) is 51.9 Å². The first-order valence-corrected chi connectivity index (χ1v) is 8.51. The van der Waals surface area contributed by atoms with E-state index in [1.54, 1.807) is 6.07 Å². The van der Waals surface area contributed by atoms with Crippen molar-refractivity contribution < 1.29 is 9.66 Å². The maximum Gasteiger partial charge on any atom is 0.273 e. The van der Waals surface area contributed by atoms with Crippen molar-refractivity contribution in [2.75, 3.05) is 6.61 Å². The lowest BCUT2D eigenvalue weighted by Gasteiger charge is -2.08. The second kappa shape index (κ2) is 10.6. The van der Waals surface area contributed by atoms with Crippen molar-refractivity contribution in [1.82, 2.24) is 0 Å². The van der Waals surface area contributed by atoms with E-state index in [9.17, 15) is 10.1 Å². The zero-order valence-corrected chi connectivity index (χ0v) is 14.2. The molecule has 0 spiro atoms. The van der Waals surface area contributed by atoms with Crippen molar-refractivity contribution >= 4 is 21.6 Å². The molecule has 0 bridgehead atoms. The summed E-state index contributed by atoms with van der Waals surface area (Å²) in [6, 6.07) is 4.59. The summed E-state index contributed by atoms with van der Waals surface area (Å²) in [6.07, 6.45) is 9.96. The Balaban J connectivity index is 2.18. The highest BCUT2D eigenvalue weighted by Crippen LogP contribution is 2.29. The zero-order chi connectivity index (χ0) is 15.5. The molecule has 0 atom stereocenters. The second-order valence-electron chi connectivity index (χ2n) is 5.20. The van der Waals surface area contributed by atoms with Gasteiger partial charge in [0.1, 0.15) is 5.75 Å². The summed E-state index contributed by atoms with van der Waals surface area (Å²) in [4.78, 5) is 10.3. The number of ether oxygens (including phenoxy) is 1. The fourth-order valence-electron chi connectivity index (χ4n) is 2.13. The molecule has 4 nitrogen and oxygen atoms in total. The van der Waals surface area contributed by atoms with Crippen LogP contribution in [0.3, 0.4) is 0 Å². The highest BCUT2D eigenvalue weighted by molar-refractivity contribution is 9.10. The molecule has 21 heavy (non-hydrogen) atoms. The van der Waals surface area contributed by atoms with Crippen molar-refractivity contribution in [1.29, 1.82) is 0 Å². The Labute approximate surface area is 135 Å². The van der Waals surface area contributed by atoms with E-state index in [0.29, 0.717) is 12.4 Å². The van der Waals surface area contributed by atoms with Crippen molar-refractivity contribution in [2.45, 2.75) is 58.3 Å². The lowest BCUT2D eigenvalue weighted by Crippen LogP contribution is -1.99. The fraction of sp³-hybridized carbons (Fsp3) is 0.625. The molecule has 0 N–H and O–H groups in total. The van der Waals surface area contributed by atoms with E-state index in [0.717, 1.165) is 17.3 Å². The Morgan fingerprint density at radius 3 is 2.33 bits per heavy atom. The third-order valence-corrected chi connectivity index (χ3v) is 4.04. The number of benzene rings is 1. The van der Waals surface area contributed by atoms with Crippen LogP contribution in [-0.4, -0.2) is 11.5 Å². The molecule has 1 aromatic rings. The summed E-state index contributed by atoms with van der Waals surface area (Å²) in [5.74, 6) is 0.548. The lowest BCUT2D eigenvalue weighted by atomic mass is 10.1. The quantitative estimate of drug-likeness (QED) is 0.282. The number of halogens is 1. The molecule has 0 aromatic heterocycles. The van der Waals surface area contributed by atoms with E-state index in [-0.39, 0.29) is 5.69 Å². The molecule has 1 aromatic carbocycles. The number of nitro benzene ring substituents is 1. The molecule has 0 aliphatic heterocycles. The smallest absolute Gasteiger partial charge is 0.273 e. The minimum atomic E-state index is -0.407. The first-order valence-electron chi connectivity index (χ1n) is 7.72. The Hall–Kier alpha value is -1.10. The van der Waals surface area contributed by atoms with Gasteiger partial charge in [-0.2, -0.15) is 0 Å². The van der Waals surface area contributed by atoms with Gasteiger partial charge in [-0.25, -0.2) is 0 Å². The normalized spacial score (nSPS) is 10.6. The molecule has 0 saturated heterocycles. The Bertz CT molecular complexity index is 438. The van der Waals surface area contributed by atoms with Crippen LogP contribution in [0, 0.1) is 10.1 Å². The van der Waals surface area contributed by atoms with Crippen LogP contribution >= 0.6 is 15.9 Å². The van der Waals surface area contributed by atoms with Crippen LogP contribution < -0.4 is 4.74 Å². The highest BCUT2D eigenvalue weighted by Gasteiger charge is 2.10. The summed E-state index contributed by atoms with van der Waals surface area (Å²) >= 11 is 3.35. The number of non-ortho nitro benzene ring substituents is 1. The van der Waals surface area contributed by atoms with E-state index in [1.807, 2.05) is 0 Å². The minimum absolute atomic E-state index is 0.0594. The van der Waals surface area contributed by atoms with Crippen LogP contribution in [0.15, 0.2) is 22.7 Å². The van der Waals surface area contributed by atoms with Gasteiger partial charge in [0.25, 0.3) is 5.69 Å². The van der Waals surface area contributed by atoms with Gasteiger partial charge in [-0.05, 0) is 28.4 Å². The molecule has 0 amide bonds. The first kappa shape index (κ1) is 18.0. The number of unbranched alkanes of at least 4 members (excludes halogenated alkanes) is 7. The second-order valence-corrected chi connectivity index (χ2v) is 6.05. The largest absolute Gasteiger partial charge is 0.492 e. The molecule has 118 valence electrons. The van der Waals surface area contributed by atoms with E-state index in [2.05, 4.69) is 22.9 Å². The van der Waals surface area contributed by atoms with Crippen molar-refractivity contribution in [3.05, 3.63) is 32.8 Å². The molecule has 0 heterocycles. The van der Waals surface area contributed by atoms with E-state index >= 15 is 0 Å². The van der Waals surface area contributed by atoms with Gasteiger partial charge in [-0.3, -0.25) is 10.1 Å². The van der Waals surface area contributed by atoms with Crippen LogP contribution in [0.2, 0.25) is 0 Å². The van der Waals surface area contributed by atoms with E-state index in [1.165, 1.54) is 50.7 Å². The highest BCUT2D eigenvalue weighted by atomic mass is 79.9. The average molecular weight is 358 g/mol. The van der Waals surface area contributed by atoms with Crippen LogP contribution in [0.5, 0.6) is 5.75 Å². The predicted octanol–water partition coefficient (Wildman–Crippen LogP) is 5.88. The Morgan fingerprint density at radius 2 is 1.71 bits per heavy atom. The van der Waals surface area contributed by atoms with Gasteiger partial charge in [0.05, 0.1) is 22.1 Å². The van der Waals surface area contributed by atoms with Gasteiger partial charge in [0.15, 0.2) is 0 Å². The first-order chi connectivity index (χ1) is 10.1. The summed E-state index contributed by atoms with van der Waals surface area (Å²) < 4.78 is 6.38. The van der Waals surface area contributed by atoms with Gasteiger partial charge in [0.2, 0.25) is 0 Å². The topological polar surface area (TPSA) is 52.4 Å². The van der Waals surface area contributed by atoms with E-state index in [4.69, 9.17) is 4.74 Å². The molecule has 0 fully saturated rings. The van der Waals surface area contributed by atoms with Crippen molar-refractivity contribution in [3.8, 4) is 5.75 Å². The fourth-order valence-corrected chi connectivity index (χ4v) is 2.50. The number of nitro groups is 1. The Kier molecular flexibility index (Phi) is 9.06. The molecule has 0 radical (unpaired) electrons. The third kappa shape index (κ3) is 7.46. The van der Waals surface area contributed by atoms with Crippen LogP contribution in [0.4, 0.5) is 5.69 Å². The minimum Gasteiger partial charge on any atom is -0.492 e. The standard InChI is InChI=1S/C16H24BrNO3/c1-2-3-4-5-6-7-8-9-12-21-16-13-14(18(19)20)10-11-15(16)17/h10-11,13H,2-9,12H2,1H3. The molecule has 0 aliphatic rings. The zero-order valence-electron chi connectivity index (χ0n) is 12.6. The molecule has 5 heteroatoms. The SMILES string of the molecule is CCCCCCCCCCOc1cc([N+](=O)[O-])ccc1Br. The van der Waals surface area contributed by atoms with Crippen LogP contribution in [0.25, 0.3) is 0 Å². The maximum atomic E-state index is 10.7. The Morgan fingerprint density at radius 1 is 1.10 bits per heavy atom. The molecule has 0 saturated carbocycles. The summed E-state index contributed by atoms with van der Waals surface area (Å²) in [5, 5.41) is 10.7.